The largest absolute Gasteiger partial charge is 0.462 e. The van der Waals surface area contributed by atoms with Crippen LogP contribution in [0.5, 0.6) is 0 Å². The van der Waals surface area contributed by atoms with Gasteiger partial charge in [-0.05, 0) is 85.4 Å². The number of thiocarbonyl (C=S) groups is 1. The van der Waals surface area contributed by atoms with Crippen LogP contribution in [0.25, 0.3) is 0 Å². The SMILES string of the molecule is CCOC(=O)c1ccc(NC(=O)C[C@@H]2C(=O)N(c3ccc(F)cc3)C(=S)N2Cc2ccc(Cl)cc2)cc1. The number of nitrogens with one attached hydrogen (secondary N) is 1. The third-order valence-electron chi connectivity index (χ3n) is 5.73. The molecule has 190 valence electrons. The molecule has 1 N–H and O–H groups in total. The number of amides is 2. The number of carbonyl (C=O) groups excluding carboxylic acids is 3. The van der Waals surface area contributed by atoms with Crippen molar-refractivity contribution in [3.63, 3.8) is 0 Å². The van der Waals surface area contributed by atoms with Gasteiger partial charge in [0.25, 0.3) is 5.91 Å². The molecule has 3 aromatic rings. The molecule has 37 heavy (non-hydrogen) atoms. The fraction of sp³-hybridized carbons (Fsp3) is 0.185. The van der Waals surface area contributed by atoms with Gasteiger partial charge in [0.05, 0.1) is 24.3 Å². The molecule has 2 amide bonds. The van der Waals surface area contributed by atoms with Gasteiger partial charge in [-0.25, -0.2) is 9.18 Å². The maximum Gasteiger partial charge on any atom is 0.338 e. The monoisotopic (exact) mass is 539 g/mol. The second-order valence-electron chi connectivity index (χ2n) is 8.25. The number of halogens is 2. The molecular weight excluding hydrogens is 517 g/mol. The molecule has 1 atom stereocenters. The van der Waals surface area contributed by atoms with Crippen LogP contribution in [-0.4, -0.2) is 40.4 Å². The Labute approximate surface area is 223 Å². The summed E-state index contributed by atoms with van der Waals surface area (Å²) >= 11 is 11.6. The zero-order chi connectivity index (χ0) is 26.5. The predicted octanol–water partition coefficient (Wildman–Crippen LogP) is 5.19. The zero-order valence-corrected chi connectivity index (χ0v) is 21.4. The van der Waals surface area contributed by atoms with Crippen LogP contribution in [0.2, 0.25) is 5.02 Å². The minimum absolute atomic E-state index is 0.177. The Balaban J connectivity index is 1.54. The fourth-order valence-electron chi connectivity index (χ4n) is 3.92. The number of ether oxygens (including phenoxy) is 1. The van der Waals surface area contributed by atoms with Gasteiger partial charge >= 0.3 is 5.97 Å². The van der Waals surface area contributed by atoms with Gasteiger partial charge < -0.3 is 15.0 Å². The molecule has 1 heterocycles. The summed E-state index contributed by atoms with van der Waals surface area (Å²) in [5.74, 6) is -1.70. The van der Waals surface area contributed by atoms with Crippen molar-refractivity contribution >= 4 is 58.1 Å². The Morgan fingerprint density at radius 1 is 1.03 bits per heavy atom. The minimum atomic E-state index is -0.882. The first-order valence-corrected chi connectivity index (χ1v) is 12.3. The molecule has 0 spiro atoms. The molecule has 3 aromatic carbocycles. The van der Waals surface area contributed by atoms with Gasteiger partial charge in [0.2, 0.25) is 5.91 Å². The Hall–Kier alpha value is -3.82. The van der Waals surface area contributed by atoms with E-state index in [4.69, 9.17) is 28.6 Å². The van der Waals surface area contributed by atoms with Crippen molar-refractivity contribution in [3.8, 4) is 0 Å². The highest BCUT2D eigenvalue weighted by molar-refractivity contribution is 7.80. The molecule has 0 unspecified atom stereocenters. The third-order valence-corrected chi connectivity index (χ3v) is 6.40. The minimum Gasteiger partial charge on any atom is -0.462 e. The van der Waals surface area contributed by atoms with Crippen molar-refractivity contribution in [2.75, 3.05) is 16.8 Å². The lowest BCUT2D eigenvalue weighted by Crippen LogP contribution is -2.37. The Bertz CT molecular complexity index is 1320. The molecule has 0 saturated carbocycles. The van der Waals surface area contributed by atoms with E-state index in [1.54, 1.807) is 48.2 Å². The summed E-state index contributed by atoms with van der Waals surface area (Å²) in [6, 6.07) is 17.9. The Morgan fingerprint density at radius 3 is 2.30 bits per heavy atom. The van der Waals surface area contributed by atoms with Crippen LogP contribution in [-0.2, 0) is 20.9 Å². The number of hydrogen-bond acceptors (Lipinski definition) is 5. The van der Waals surface area contributed by atoms with E-state index in [1.807, 2.05) is 12.1 Å². The number of esters is 1. The average molecular weight is 540 g/mol. The first kappa shape index (κ1) is 26.2. The Kier molecular flexibility index (Phi) is 8.15. The topological polar surface area (TPSA) is 78.9 Å². The molecule has 10 heteroatoms. The quantitative estimate of drug-likeness (QED) is 0.314. The second kappa shape index (κ2) is 11.5. The summed E-state index contributed by atoms with van der Waals surface area (Å²) in [4.78, 5) is 41.3. The molecule has 0 aliphatic carbocycles. The summed E-state index contributed by atoms with van der Waals surface area (Å²) in [6.45, 7) is 2.25. The maximum absolute atomic E-state index is 13.5. The molecule has 1 aliphatic rings. The average Bonchev–Trinajstić information content (AvgIpc) is 3.10. The number of rotatable bonds is 8. The van der Waals surface area contributed by atoms with Gasteiger partial charge in [-0.2, -0.15) is 0 Å². The summed E-state index contributed by atoms with van der Waals surface area (Å²) in [6.07, 6.45) is -0.177. The van der Waals surface area contributed by atoms with E-state index in [0.717, 1.165) is 5.56 Å². The van der Waals surface area contributed by atoms with E-state index < -0.39 is 29.6 Å². The summed E-state index contributed by atoms with van der Waals surface area (Å²) in [5.41, 5.74) is 2.08. The van der Waals surface area contributed by atoms with E-state index in [2.05, 4.69) is 5.32 Å². The number of anilines is 2. The predicted molar refractivity (Wildman–Crippen MR) is 143 cm³/mol. The van der Waals surface area contributed by atoms with Crippen molar-refractivity contribution in [2.24, 2.45) is 0 Å². The van der Waals surface area contributed by atoms with E-state index in [-0.39, 0.29) is 24.7 Å². The Morgan fingerprint density at radius 2 is 1.68 bits per heavy atom. The van der Waals surface area contributed by atoms with Crippen LogP contribution in [0.15, 0.2) is 72.8 Å². The van der Waals surface area contributed by atoms with Crippen molar-refractivity contribution in [1.29, 1.82) is 0 Å². The molecule has 1 aliphatic heterocycles. The third kappa shape index (κ3) is 6.12. The van der Waals surface area contributed by atoms with Crippen LogP contribution < -0.4 is 10.2 Å². The normalized spacial score (nSPS) is 15.2. The molecule has 1 saturated heterocycles. The van der Waals surface area contributed by atoms with Gasteiger partial charge in [0.1, 0.15) is 11.9 Å². The first-order valence-electron chi connectivity index (χ1n) is 11.5. The van der Waals surface area contributed by atoms with E-state index >= 15 is 0 Å². The van der Waals surface area contributed by atoms with Crippen LogP contribution in [0.3, 0.4) is 0 Å². The summed E-state index contributed by atoms with van der Waals surface area (Å²) in [5, 5.41) is 3.54. The molecule has 0 aromatic heterocycles. The lowest BCUT2D eigenvalue weighted by Gasteiger charge is -2.24. The molecular formula is C27H23ClFN3O4S. The van der Waals surface area contributed by atoms with Crippen molar-refractivity contribution in [1.82, 2.24) is 4.90 Å². The number of carbonyl (C=O) groups is 3. The van der Waals surface area contributed by atoms with Gasteiger partial charge in [-0.1, -0.05) is 23.7 Å². The second-order valence-corrected chi connectivity index (χ2v) is 9.05. The van der Waals surface area contributed by atoms with E-state index in [0.29, 0.717) is 22.0 Å². The molecule has 1 fully saturated rings. The lowest BCUT2D eigenvalue weighted by atomic mass is 10.1. The first-order chi connectivity index (χ1) is 17.8. The van der Waals surface area contributed by atoms with Crippen LogP contribution in [0, 0.1) is 5.82 Å². The number of benzene rings is 3. The van der Waals surface area contributed by atoms with Crippen molar-refractivity contribution in [2.45, 2.75) is 25.9 Å². The van der Waals surface area contributed by atoms with Crippen LogP contribution >= 0.6 is 23.8 Å². The number of nitrogens with zero attached hydrogens (tertiary/aromatic N) is 2. The molecule has 0 radical (unpaired) electrons. The fourth-order valence-corrected chi connectivity index (χ4v) is 4.43. The van der Waals surface area contributed by atoms with Crippen LogP contribution in [0.1, 0.15) is 29.3 Å². The van der Waals surface area contributed by atoms with E-state index in [9.17, 15) is 18.8 Å². The molecule has 0 bridgehead atoms. The highest BCUT2D eigenvalue weighted by Gasteiger charge is 2.44. The zero-order valence-electron chi connectivity index (χ0n) is 19.8. The highest BCUT2D eigenvalue weighted by atomic mass is 35.5. The van der Waals surface area contributed by atoms with Gasteiger partial charge in [0, 0.05) is 17.3 Å². The number of hydrogen-bond donors (Lipinski definition) is 1. The smallest absolute Gasteiger partial charge is 0.338 e. The molecule has 4 rings (SSSR count). The van der Waals surface area contributed by atoms with Crippen molar-refractivity contribution < 1.29 is 23.5 Å². The molecule has 7 nitrogen and oxygen atoms in total. The van der Waals surface area contributed by atoms with Crippen LogP contribution in [0.4, 0.5) is 15.8 Å². The van der Waals surface area contributed by atoms with E-state index in [1.165, 1.54) is 29.2 Å². The summed E-state index contributed by atoms with van der Waals surface area (Å²) in [7, 11) is 0. The van der Waals surface area contributed by atoms with Gasteiger partial charge in [0.15, 0.2) is 5.11 Å². The highest BCUT2D eigenvalue weighted by Crippen LogP contribution is 2.29. The van der Waals surface area contributed by atoms with Gasteiger partial charge in [-0.15, -0.1) is 0 Å². The van der Waals surface area contributed by atoms with Crippen molar-refractivity contribution in [3.05, 3.63) is 94.8 Å². The lowest BCUT2D eigenvalue weighted by molar-refractivity contribution is -0.124. The maximum atomic E-state index is 13.5. The standard InChI is InChI=1S/C27H23ClFN3O4S/c1-2-36-26(35)18-5-11-21(12-6-18)30-24(33)15-23-25(34)32(22-13-9-20(29)10-14-22)27(37)31(23)16-17-3-7-19(28)8-4-17/h3-14,23H,2,15-16H2,1H3,(H,30,33)/t23-/m1/s1. The summed E-state index contributed by atoms with van der Waals surface area (Å²) < 4.78 is 18.5. The van der Waals surface area contributed by atoms with Gasteiger partial charge in [-0.3, -0.25) is 14.5 Å².